The number of nitrogens with two attached hydrogens (primary N) is 1. The molecule has 0 spiro atoms. The molecule has 0 aliphatic heterocycles. The van der Waals surface area contributed by atoms with E-state index in [4.69, 9.17) is 15.3 Å². The Balaban J connectivity index is 5.10. The normalized spacial score (nSPS) is 18.7. The van der Waals surface area contributed by atoms with E-state index in [1.54, 1.807) is 6.08 Å². The van der Waals surface area contributed by atoms with Crippen LogP contribution in [0.4, 0.5) is 0 Å². The Morgan fingerprint density at radius 3 is 2.61 bits per heavy atom. The molecule has 0 saturated heterocycles. The van der Waals surface area contributed by atoms with Crippen LogP contribution in [0, 0.1) is 17.2 Å². The van der Waals surface area contributed by atoms with Crippen LogP contribution < -0.4 is 5.73 Å². The minimum atomic E-state index is -2.75. The number of likely N-dealkylation sites (N-methyl/N-ethyl adjacent to an activating group) is 1. The fourth-order valence-electron chi connectivity index (χ4n) is 1.73. The fourth-order valence-corrected chi connectivity index (χ4v) is 1.73. The van der Waals surface area contributed by atoms with Crippen LogP contribution in [0.3, 0.4) is 0 Å². The molecule has 0 aromatic heterocycles. The van der Waals surface area contributed by atoms with Gasteiger partial charge in [-0.15, -0.1) is 6.58 Å². The Labute approximate surface area is 113 Å². The topological polar surface area (TPSA) is 90.4 Å². The van der Waals surface area contributed by atoms with Crippen LogP contribution >= 0.6 is 0 Å². The van der Waals surface area contributed by atoms with Gasteiger partial charge in [0.05, 0.1) is 0 Å². The minimum Gasteiger partial charge on any atom is -0.480 e. The number of carbonyl (C=O) groups is 1. The van der Waals surface area contributed by atoms with E-state index in [0.717, 1.165) is 12.8 Å². The molecule has 3 atom stereocenters. The molecule has 0 heterocycles. The third-order valence-corrected chi connectivity index (χ3v) is 3.25. The molecule has 3 unspecified atom stereocenters. The van der Waals surface area contributed by atoms with Crippen molar-refractivity contribution in [3.8, 4) is 0 Å². The van der Waals surface area contributed by atoms with Crippen molar-refractivity contribution in [2.75, 3.05) is 6.98 Å². The minimum absolute atomic E-state index is 0.0183. The summed E-state index contributed by atoms with van der Waals surface area (Å²) in [4.78, 5) is 11.9. The van der Waals surface area contributed by atoms with E-state index in [-0.39, 0.29) is 18.3 Å². The highest BCUT2D eigenvalue weighted by Crippen LogP contribution is 2.23. The van der Waals surface area contributed by atoms with Crippen LogP contribution in [0.25, 0.3) is 0 Å². The third-order valence-electron chi connectivity index (χ3n) is 3.25. The van der Waals surface area contributed by atoms with Crippen LogP contribution in [0.15, 0.2) is 12.7 Å². The van der Waals surface area contributed by atoms with Gasteiger partial charge < -0.3 is 15.7 Å². The Morgan fingerprint density at radius 2 is 2.22 bits per heavy atom. The summed E-state index contributed by atoms with van der Waals surface area (Å²) in [5.74, 6) is -1.84. The number of guanidine groups is 1. The quantitative estimate of drug-likeness (QED) is 0.352. The van der Waals surface area contributed by atoms with Gasteiger partial charge in [-0.2, -0.15) is 0 Å². The molecule has 104 valence electrons. The standard InChI is InChI=1S/C13H25N3O2/c1-5-6-7-9(2)10(3)8-11(12(17)18)16(4)13(14)15/h5,9-11H,1,6-8H2,2-4H3,(H3,14,15)(H,17,18)/i4D3. The molecular formula is C13H25N3O2. The lowest BCUT2D eigenvalue weighted by Crippen LogP contribution is -2.46. The molecule has 0 saturated carbocycles. The van der Waals surface area contributed by atoms with Crippen LogP contribution in [-0.4, -0.2) is 35.0 Å². The number of hydrogen-bond donors (Lipinski definition) is 3. The predicted molar refractivity (Wildman–Crippen MR) is 73.5 cm³/mol. The Bertz CT molecular complexity index is 385. The second kappa shape index (κ2) is 7.74. The van der Waals surface area contributed by atoms with E-state index in [9.17, 15) is 9.90 Å². The first-order valence-corrected chi connectivity index (χ1v) is 5.99. The van der Waals surface area contributed by atoms with E-state index < -0.39 is 24.9 Å². The van der Waals surface area contributed by atoms with Crippen LogP contribution in [0.2, 0.25) is 0 Å². The maximum Gasteiger partial charge on any atom is 0.326 e. The van der Waals surface area contributed by atoms with Gasteiger partial charge in [0.25, 0.3) is 0 Å². The van der Waals surface area contributed by atoms with Gasteiger partial charge in [-0.25, -0.2) is 4.79 Å². The van der Waals surface area contributed by atoms with Gasteiger partial charge in [-0.3, -0.25) is 5.41 Å². The number of allylic oxidation sites excluding steroid dienone is 1. The molecule has 18 heavy (non-hydrogen) atoms. The van der Waals surface area contributed by atoms with Gasteiger partial charge in [0, 0.05) is 11.1 Å². The fraction of sp³-hybridized carbons (Fsp3) is 0.692. The molecule has 0 aromatic carbocycles. The summed E-state index contributed by atoms with van der Waals surface area (Å²) in [5.41, 5.74) is 5.27. The molecule has 0 aliphatic carbocycles. The van der Waals surface area contributed by atoms with E-state index in [0.29, 0.717) is 4.90 Å². The molecular weight excluding hydrogens is 230 g/mol. The number of nitrogens with zero attached hydrogens (tertiary/aromatic N) is 1. The average Bonchev–Trinajstić information content (AvgIpc) is 2.32. The molecule has 5 heteroatoms. The van der Waals surface area contributed by atoms with Gasteiger partial charge in [0.15, 0.2) is 5.96 Å². The largest absolute Gasteiger partial charge is 0.480 e. The van der Waals surface area contributed by atoms with Gasteiger partial charge >= 0.3 is 5.97 Å². The van der Waals surface area contributed by atoms with Crippen molar-refractivity contribution in [2.45, 2.75) is 39.2 Å². The van der Waals surface area contributed by atoms with E-state index in [1.165, 1.54) is 0 Å². The zero-order valence-electron chi connectivity index (χ0n) is 14.0. The lowest BCUT2D eigenvalue weighted by molar-refractivity contribution is -0.142. The lowest BCUT2D eigenvalue weighted by Gasteiger charge is -2.29. The zero-order chi connectivity index (χ0) is 16.8. The maximum atomic E-state index is 11.4. The van der Waals surface area contributed by atoms with Crippen molar-refractivity contribution in [2.24, 2.45) is 17.6 Å². The van der Waals surface area contributed by atoms with Crippen LogP contribution in [0.5, 0.6) is 0 Å². The number of carboxylic acid groups (broad SMARTS) is 1. The van der Waals surface area contributed by atoms with E-state index >= 15 is 0 Å². The van der Waals surface area contributed by atoms with Gasteiger partial charge in [-0.1, -0.05) is 19.9 Å². The average molecular weight is 258 g/mol. The van der Waals surface area contributed by atoms with E-state index in [1.807, 2.05) is 13.8 Å². The molecule has 0 fully saturated rings. The van der Waals surface area contributed by atoms with Crippen LogP contribution in [-0.2, 0) is 4.79 Å². The molecule has 0 bridgehead atoms. The van der Waals surface area contributed by atoms with Crippen molar-refractivity contribution < 1.29 is 14.0 Å². The van der Waals surface area contributed by atoms with Crippen molar-refractivity contribution in [3.63, 3.8) is 0 Å². The monoisotopic (exact) mass is 258 g/mol. The summed E-state index contributed by atoms with van der Waals surface area (Å²) in [6, 6.07) is -1.34. The van der Waals surface area contributed by atoms with Crippen LogP contribution in [0.1, 0.15) is 37.2 Å². The number of nitrogens with one attached hydrogen (secondary N) is 1. The first-order chi connectivity index (χ1) is 9.52. The van der Waals surface area contributed by atoms with E-state index in [2.05, 4.69) is 6.58 Å². The molecule has 0 amide bonds. The highest BCUT2D eigenvalue weighted by Gasteiger charge is 2.27. The summed E-state index contributed by atoms with van der Waals surface area (Å²) >= 11 is 0. The smallest absolute Gasteiger partial charge is 0.326 e. The summed E-state index contributed by atoms with van der Waals surface area (Å²) in [6.07, 6.45) is 3.58. The first kappa shape index (κ1) is 11.6. The number of carboxylic acids is 1. The molecule has 0 rings (SSSR count). The Kier molecular flexibility index (Phi) is 4.97. The van der Waals surface area contributed by atoms with Crippen molar-refractivity contribution in [3.05, 3.63) is 12.7 Å². The molecule has 0 aliphatic rings. The highest BCUT2D eigenvalue weighted by atomic mass is 16.4. The van der Waals surface area contributed by atoms with Gasteiger partial charge in [0.2, 0.25) is 0 Å². The summed E-state index contributed by atoms with van der Waals surface area (Å²) in [6.45, 7) is 4.76. The molecule has 0 aromatic rings. The summed E-state index contributed by atoms with van der Waals surface area (Å²) in [5, 5.41) is 16.7. The SMILES string of the molecule is [2H]C([2H])([2H])N(C(=N)N)C(CC(C)C(C)CCC=C)C(=O)O. The third kappa shape index (κ3) is 5.21. The lowest BCUT2D eigenvalue weighted by atomic mass is 9.86. The summed E-state index contributed by atoms with van der Waals surface area (Å²) in [7, 11) is 0. The second-order valence-electron chi connectivity index (χ2n) is 4.67. The molecule has 4 N–H and O–H groups in total. The molecule has 0 radical (unpaired) electrons. The van der Waals surface area contributed by atoms with Gasteiger partial charge in [0.1, 0.15) is 6.04 Å². The first-order valence-electron chi connectivity index (χ1n) is 7.49. The van der Waals surface area contributed by atoms with Gasteiger partial charge in [-0.05, 0) is 31.1 Å². The zero-order valence-corrected chi connectivity index (χ0v) is 11.0. The van der Waals surface area contributed by atoms with Crippen molar-refractivity contribution in [1.29, 1.82) is 5.41 Å². The summed E-state index contributed by atoms with van der Waals surface area (Å²) < 4.78 is 22.1. The van der Waals surface area contributed by atoms with Crippen molar-refractivity contribution in [1.82, 2.24) is 4.90 Å². The maximum absolute atomic E-state index is 11.4. The predicted octanol–water partition coefficient (Wildman–Crippen LogP) is 1.89. The second-order valence-corrected chi connectivity index (χ2v) is 4.67. The Morgan fingerprint density at radius 1 is 1.61 bits per heavy atom. The Hall–Kier alpha value is -1.52. The number of rotatable bonds is 8. The van der Waals surface area contributed by atoms with Crippen molar-refractivity contribution >= 4 is 11.9 Å². The molecule has 5 nitrogen and oxygen atoms in total. The number of hydrogen-bond acceptors (Lipinski definition) is 2. The highest BCUT2D eigenvalue weighted by molar-refractivity contribution is 5.82. The number of aliphatic carboxylic acids is 1.